The van der Waals surface area contributed by atoms with E-state index < -0.39 is 11.6 Å². The molecule has 2 aliphatic rings. The quantitative estimate of drug-likeness (QED) is 0.698. The van der Waals surface area contributed by atoms with E-state index in [-0.39, 0.29) is 6.03 Å². The molecule has 2 aliphatic heterocycles. The minimum atomic E-state index is -0.826. The van der Waals surface area contributed by atoms with Gasteiger partial charge in [0.2, 0.25) is 0 Å². The molecule has 28 heavy (non-hydrogen) atoms. The number of urea groups is 1. The monoisotopic (exact) mass is 394 g/mol. The van der Waals surface area contributed by atoms with E-state index in [1.54, 1.807) is 6.07 Å². The van der Waals surface area contributed by atoms with E-state index in [9.17, 15) is 13.6 Å². The van der Waals surface area contributed by atoms with Gasteiger partial charge in [-0.15, -0.1) is 0 Å². The standard InChI is InChI=1S/C21H32F2N4O/c1-16-5-10-26(11-6-16)9-2-8-24-21(28)25-14-17-7-12-27(15-17)18-3-4-19(22)20(23)13-18/h3-4,13,16-17H,2,5-12,14-15H2,1H3,(H2,24,25,28)/t17-/m0/s1. The molecule has 1 aromatic carbocycles. The lowest BCUT2D eigenvalue weighted by molar-refractivity contribution is 0.190. The van der Waals surface area contributed by atoms with Crippen molar-refractivity contribution >= 4 is 11.7 Å². The van der Waals surface area contributed by atoms with Gasteiger partial charge in [-0.25, -0.2) is 13.6 Å². The predicted octanol–water partition coefficient (Wildman–Crippen LogP) is 3.21. The number of nitrogens with zero attached hydrogens (tertiary/aromatic N) is 2. The highest BCUT2D eigenvalue weighted by Crippen LogP contribution is 2.25. The maximum absolute atomic E-state index is 13.4. The van der Waals surface area contributed by atoms with E-state index in [0.29, 0.717) is 24.7 Å². The molecule has 3 rings (SSSR count). The molecule has 2 fully saturated rings. The molecule has 0 bridgehead atoms. The lowest BCUT2D eigenvalue weighted by atomic mass is 9.99. The normalized spacial score (nSPS) is 21.1. The Hall–Kier alpha value is -1.89. The van der Waals surface area contributed by atoms with Crippen LogP contribution in [0.2, 0.25) is 0 Å². The average molecular weight is 395 g/mol. The minimum Gasteiger partial charge on any atom is -0.371 e. The molecule has 0 radical (unpaired) electrons. The van der Waals surface area contributed by atoms with Gasteiger partial charge in [0.25, 0.3) is 0 Å². The molecule has 2 saturated heterocycles. The van der Waals surface area contributed by atoms with Crippen molar-refractivity contribution in [1.82, 2.24) is 15.5 Å². The molecule has 156 valence electrons. The maximum Gasteiger partial charge on any atom is 0.314 e. The number of amides is 2. The summed E-state index contributed by atoms with van der Waals surface area (Å²) >= 11 is 0. The molecular weight excluding hydrogens is 362 g/mol. The van der Waals surface area contributed by atoms with Gasteiger partial charge in [0.15, 0.2) is 11.6 Å². The van der Waals surface area contributed by atoms with Crippen molar-refractivity contribution in [2.24, 2.45) is 11.8 Å². The van der Waals surface area contributed by atoms with Crippen molar-refractivity contribution in [3.05, 3.63) is 29.8 Å². The van der Waals surface area contributed by atoms with E-state index >= 15 is 0 Å². The lowest BCUT2D eigenvalue weighted by Crippen LogP contribution is -2.40. The highest BCUT2D eigenvalue weighted by Gasteiger charge is 2.23. The summed E-state index contributed by atoms with van der Waals surface area (Å²) in [6.45, 7) is 8.49. The van der Waals surface area contributed by atoms with Gasteiger partial charge in [0.1, 0.15) is 0 Å². The van der Waals surface area contributed by atoms with Crippen LogP contribution in [0.25, 0.3) is 0 Å². The van der Waals surface area contributed by atoms with Crippen LogP contribution in [-0.2, 0) is 0 Å². The van der Waals surface area contributed by atoms with Crippen molar-refractivity contribution in [2.75, 3.05) is 50.7 Å². The zero-order valence-electron chi connectivity index (χ0n) is 16.7. The van der Waals surface area contributed by atoms with Crippen molar-refractivity contribution in [3.63, 3.8) is 0 Å². The Morgan fingerprint density at radius 1 is 1.11 bits per heavy atom. The number of rotatable bonds is 7. The summed E-state index contributed by atoms with van der Waals surface area (Å²) in [6.07, 6.45) is 4.44. The van der Waals surface area contributed by atoms with E-state index in [2.05, 4.69) is 22.5 Å². The third-order valence-corrected chi connectivity index (χ3v) is 5.92. The second-order valence-electron chi connectivity index (χ2n) is 8.21. The van der Waals surface area contributed by atoms with Gasteiger partial charge in [-0.1, -0.05) is 6.92 Å². The van der Waals surface area contributed by atoms with Crippen LogP contribution < -0.4 is 15.5 Å². The Bertz CT molecular complexity index is 649. The van der Waals surface area contributed by atoms with Crippen molar-refractivity contribution in [1.29, 1.82) is 0 Å². The van der Waals surface area contributed by atoms with Gasteiger partial charge >= 0.3 is 6.03 Å². The fourth-order valence-corrected chi connectivity index (χ4v) is 4.01. The second-order valence-corrected chi connectivity index (χ2v) is 8.21. The average Bonchev–Trinajstić information content (AvgIpc) is 3.16. The molecule has 2 heterocycles. The first kappa shape index (κ1) is 20.8. The first-order valence-electron chi connectivity index (χ1n) is 10.5. The fraction of sp³-hybridized carbons (Fsp3) is 0.667. The molecular formula is C21H32F2N4O. The molecule has 1 aromatic rings. The lowest BCUT2D eigenvalue weighted by Gasteiger charge is -2.30. The van der Waals surface area contributed by atoms with Crippen molar-refractivity contribution in [2.45, 2.75) is 32.6 Å². The van der Waals surface area contributed by atoms with Crippen LogP contribution in [0.3, 0.4) is 0 Å². The number of carbonyl (C=O) groups is 1. The predicted molar refractivity (Wildman–Crippen MR) is 108 cm³/mol. The molecule has 0 saturated carbocycles. The Morgan fingerprint density at radius 2 is 1.89 bits per heavy atom. The first-order valence-corrected chi connectivity index (χ1v) is 10.5. The largest absolute Gasteiger partial charge is 0.371 e. The van der Waals surface area contributed by atoms with Crippen LogP contribution in [0.15, 0.2) is 18.2 Å². The Labute approximate surface area is 166 Å². The van der Waals surface area contributed by atoms with Gasteiger partial charge in [0.05, 0.1) is 0 Å². The summed E-state index contributed by atoms with van der Waals surface area (Å²) in [4.78, 5) is 16.5. The Morgan fingerprint density at radius 3 is 2.64 bits per heavy atom. The molecule has 2 amide bonds. The van der Waals surface area contributed by atoms with Gasteiger partial charge in [-0.2, -0.15) is 0 Å². The maximum atomic E-state index is 13.4. The van der Waals surface area contributed by atoms with Crippen LogP contribution in [0.5, 0.6) is 0 Å². The number of likely N-dealkylation sites (tertiary alicyclic amines) is 1. The van der Waals surface area contributed by atoms with Crippen LogP contribution in [0, 0.1) is 23.5 Å². The number of halogens is 2. The Kier molecular flexibility index (Phi) is 7.48. The summed E-state index contributed by atoms with van der Waals surface area (Å²) in [5, 5.41) is 5.87. The number of carbonyl (C=O) groups excluding carboxylic acids is 1. The second kappa shape index (κ2) is 10.0. The highest BCUT2D eigenvalue weighted by atomic mass is 19.2. The number of anilines is 1. The molecule has 1 atom stereocenters. The molecule has 2 N–H and O–H groups in total. The Balaban J connectivity index is 1.28. The third kappa shape index (κ3) is 6.06. The number of piperidine rings is 1. The van der Waals surface area contributed by atoms with E-state index in [1.807, 2.05) is 4.90 Å². The molecule has 7 heteroatoms. The zero-order valence-corrected chi connectivity index (χ0v) is 16.7. The minimum absolute atomic E-state index is 0.126. The van der Waals surface area contributed by atoms with Gasteiger partial charge in [-0.05, 0) is 69.3 Å². The zero-order chi connectivity index (χ0) is 19.9. The number of hydrogen-bond acceptors (Lipinski definition) is 3. The highest BCUT2D eigenvalue weighted by molar-refractivity contribution is 5.73. The summed E-state index contributed by atoms with van der Waals surface area (Å²) in [5.41, 5.74) is 0.693. The number of nitrogens with one attached hydrogen (secondary N) is 2. The van der Waals surface area contributed by atoms with Crippen molar-refractivity contribution in [3.8, 4) is 0 Å². The van der Waals surface area contributed by atoms with Crippen LogP contribution in [0.1, 0.15) is 32.6 Å². The van der Waals surface area contributed by atoms with E-state index in [4.69, 9.17) is 0 Å². The molecule has 0 unspecified atom stereocenters. The molecule has 0 spiro atoms. The molecule has 0 aromatic heterocycles. The van der Waals surface area contributed by atoms with Crippen LogP contribution >= 0.6 is 0 Å². The first-order chi connectivity index (χ1) is 13.5. The van der Waals surface area contributed by atoms with Gasteiger partial charge < -0.3 is 20.4 Å². The van der Waals surface area contributed by atoms with Crippen LogP contribution in [-0.4, -0.2) is 56.7 Å². The van der Waals surface area contributed by atoms with Gasteiger partial charge in [-0.3, -0.25) is 0 Å². The van der Waals surface area contributed by atoms with Gasteiger partial charge in [0, 0.05) is 37.9 Å². The smallest absolute Gasteiger partial charge is 0.314 e. The summed E-state index contributed by atoms with van der Waals surface area (Å²) in [6, 6.07) is 3.87. The number of hydrogen-bond donors (Lipinski definition) is 2. The summed E-state index contributed by atoms with van der Waals surface area (Å²) in [7, 11) is 0. The SMILES string of the molecule is CC1CCN(CCCNC(=O)NC[C@@H]2CCN(c3ccc(F)c(F)c3)C2)CC1. The number of benzene rings is 1. The molecule has 0 aliphatic carbocycles. The summed E-state index contributed by atoms with van der Waals surface area (Å²) in [5.74, 6) is -0.492. The topological polar surface area (TPSA) is 47.6 Å². The fourth-order valence-electron chi connectivity index (χ4n) is 4.01. The van der Waals surface area contributed by atoms with E-state index in [0.717, 1.165) is 44.5 Å². The summed E-state index contributed by atoms with van der Waals surface area (Å²) < 4.78 is 26.5. The van der Waals surface area contributed by atoms with Crippen molar-refractivity contribution < 1.29 is 13.6 Å². The van der Waals surface area contributed by atoms with Crippen LogP contribution in [0.4, 0.5) is 19.3 Å². The van der Waals surface area contributed by atoms with E-state index in [1.165, 1.54) is 32.0 Å². The third-order valence-electron chi connectivity index (χ3n) is 5.92. The molecule has 5 nitrogen and oxygen atoms in total.